The summed E-state index contributed by atoms with van der Waals surface area (Å²) in [7, 11) is 0. The number of hydrogen-bond acceptors (Lipinski definition) is 2. The van der Waals surface area contributed by atoms with Crippen LogP contribution in [0.1, 0.15) is 70.6 Å². The number of benzene rings is 6. The summed E-state index contributed by atoms with van der Waals surface area (Å²) >= 11 is 4.32. The average molecular weight is 609 g/mol. The molecule has 1 aliphatic carbocycles. The number of hydrogen-bond donors (Lipinski definition) is 0. The molecule has 2 atom stereocenters. The number of thioether (sulfide) groups is 2. The van der Waals surface area contributed by atoms with Crippen LogP contribution in [-0.4, -0.2) is 10.5 Å². The molecule has 0 aromatic heterocycles. The Kier molecular flexibility index (Phi) is 8.82. The Hall–Kier alpha value is -3.46. The molecule has 6 aromatic rings. The summed E-state index contributed by atoms with van der Waals surface area (Å²) < 4.78 is 0. The van der Waals surface area contributed by atoms with Crippen LogP contribution in [0, 0.1) is 0 Å². The molecule has 2 heteroatoms. The van der Waals surface area contributed by atoms with Crippen LogP contribution < -0.4 is 0 Å². The lowest BCUT2D eigenvalue weighted by atomic mass is 9.82. The van der Waals surface area contributed by atoms with Crippen LogP contribution in [-0.2, 0) is 12.8 Å². The maximum absolute atomic E-state index is 2.52. The van der Waals surface area contributed by atoms with E-state index >= 15 is 0 Å². The Bertz CT molecular complexity index is 1640. The van der Waals surface area contributed by atoms with E-state index < -0.39 is 0 Å². The molecule has 44 heavy (non-hydrogen) atoms. The van der Waals surface area contributed by atoms with Crippen molar-refractivity contribution in [2.75, 3.05) is 0 Å². The van der Waals surface area contributed by atoms with Gasteiger partial charge in [-0.15, -0.1) is 23.5 Å². The molecule has 0 bridgehead atoms. The lowest BCUT2D eigenvalue weighted by Gasteiger charge is -2.36. The van der Waals surface area contributed by atoms with E-state index in [9.17, 15) is 0 Å². The first-order chi connectivity index (χ1) is 21.6. The van der Waals surface area contributed by atoms with Gasteiger partial charge < -0.3 is 0 Å². The highest BCUT2D eigenvalue weighted by Gasteiger charge is 2.35. The third-order valence-corrected chi connectivity index (χ3v) is 12.1. The molecule has 0 spiro atoms. The van der Waals surface area contributed by atoms with E-state index in [1.54, 1.807) is 0 Å². The van der Waals surface area contributed by atoms with Crippen molar-refractivity contribution in [2.24, 2.45) is 0 Å². The van der Waals surface area contributed by atoms with E-state index in [1.807, 2.05) is 0 Å². The van der Waals surface area contributed by atoms with E-state index in [0.717, 1.165) is 12.8 Å². The minimum Gasteiger partial charge on any atom is -0.146 e. The Balaban J connectivity index is 1.28. The van der Waals surface area contributed by atoms with E-state index in [1.165, 1.54) is 67.8 Å². The zero-order valence-corrected chi connectivity index (χ0v) is 27.3. The predicted molar refractivity (Wildman–Crippen MR) is 195 cm³/mol. The monoisotopic (exact) mass is 608 g/mol. The fourth-order valence-corrected chi connectivity index (χ4v) is 9.56. The SMILES string of the molecule is CC(CCc1ccccc1)S[C@H]1c2cc3ccccc3cc2[C@H](SC(C)CCc2ccccc2)c2cc3ccccc3cc21. The molecule has 0 heterocycles. The highest BCUT2D eigenvalue weighted by Crippen LogP contribution is 2.55. The van der Waals surface area contributed by atoms with Gasteiger partial charge in [-0.1, -0.05) is 123 Å². The van der Waals surface area contributed by atoms with Gasteiger partial charge in [-0.3, -0.25) is 0 Å². The summed E-state index contributed by atoms with van der Waals surface area (Å²) in [6.07, 6.45) is 4.58. The highest BCUT2D eigenvalue weighted by molar-refractivity contribution is 8.00. The van der Waals surface area contributed by atoms with Gasteiger partial charge in [0.1, 0.15) is 0 Å². The van der Waals surface area contributed by atoms with Crippen molar-refractivity contribution in [3.8, 4) is 0 Å². The second kappa shape index (κ2) is 13.3. The zero-order valence-electron chi connectivity index (χ0n) is 25.7. The van der Waals surface area contributed by atoms with Gasteiger partial charge in [0.2, 0.25) is 0 Å². The quantitative estimate of drug-likeness (QED) is 0.152. The van der Waals surface area contributed by atoms with E-state index in [2.05, 4.69) is 171 Å². The molecule has 0 saturated heterocycles. The number of aryl methyl sites for hydroxylation is 2. The maximum atomic E-state index is 2.52. The lowest BCUT2D eigenvalue weighted by molar-refractivity contribution is 0.802. The molecule has 7 rings (SSSR count). The molecule has 0 fully saturated rings. The van der Waals surface area contributed by atoms with Crippen LogP contribution in [0.15, 0.2) is 133 Å². The second-order valence-electron chi connectivity index (χ2n) is 12.4. The molecule has 6 aromatic carbocycles. The molecule has 0 saturated carbocycles. The van der Waals surface area contributed by atoms with Crippen LogP contribution >= 0.6 is 23.5 Å². The minimum absolute atomic E-state index is 0.316. The predicted octanol–water partition coefficient (Wildman–Crippen LogP) is 12.0. The van der Waals surface area contributed by atoms with Crippen LogP contribution in [0.5, 0.6) is 0 Å². The topological polar surface area (TPSA) is 0 Å². The van der Waals surface area contributed by atoms with E-state index in [-0.39, 0.29) is 0 Å². The van der Waals surface area contributed by atoms with E-state index in [0.29, 0.717) is 21.0 Å². The Morgan fingerprint density at radius 2 is 0.727 bits per heavy atom. The smallest absolute Gasteiger partial charge is 0.0556 e. The molecule has 0 amide bonds. The van der Waals surface area contributed by atoms with Crippen LogP contribution in [0.3, 0.4) is 0 Å². The Morgan fingerprint density at radius 1 is 0.432 bits per heavy atom. The summed E-state index contributed by atoms with van der Waals surface area (Å²) in [6, 6.07) is 49.9. The van der Waals surface area contributed by atoms with Gasteiger partial charge in [-0.05, 0) is 105 Å². The molecular formula is C42H40S2. The van der Waals surface area contributed by atoms with Gasteiger partial charge in [-0.2, -0.15) is 0 Å². The van der Waals surface area contributed by atoms with Crippen molar-refractivity contribution in [3.63, 3.8) is 0 Å². The molecule has 2 unspecified atom stereocenters. The van der Waals surface area contributed by atoms with Crippen molar-refractivity contribution in [3.05, 3.63) is 167 Å². The molecule has 0 N–H and O–H groups in total. The van der Waals surface area contributed by atoms with Crippen LogP contribution in [0.2, 0.25) is 0 Å². The molecule has 0 nitrogen and oxygen atoms in total. The standard InChI is InChI=1S/C42H40S2/c1-29(21-23-31-13-5-3-6-14-31)43-41-37-25-33-17-9-11-19-35(33)27-39(37)42(44-30(2)22-24-32-15-7-4-8-16-32)40-28-36-20-12-10-18-34(36)26-38(40)41/h3-20,25-30,41-42H,21-24H2,1-2H3/t29?,30?,41-,42-. The van der Waals surface area contributed by atoms with Gasteiger partial charge in [0, 0.05) is 10.5 Å². The fourth-order valence-electron chi connectivity index (χ4n) is 6.72. The normalized spacial score (nSPS) is 17.2. The third-order valence-electron chi connectivity index (χ3n) is 9.13. The van der Waals surface area contributed by atoms with Crippen LogP contribution in [0.25, 0.3) is 21.5 Å². The van der Waals surface area contributed by atoms with Gasteiger partial charge in [0.15, 0.2) is 0 Å². The first-order valence-corrected chi connectivity index (χ1v) is 17.9. The second-order valence-corrected chi connectivity index (χ2v) is 15.5. The van der Waals surface area contributed by atoms with Crippen molar-refractivity contribution in [2.45, 2.75) is 60.5 Å². The molecule has 1 aliphatic rings. The van der Waals surface area contributed by atoms with Crippen molar-refractivity contribution < 1.29 is 0 Å². The first-order valence-electron chi connectivity index (χ1n) is 16.1. The largest absolute Gasteiger partial charge is 0.146 e. The van der Waals surface area contributed by atoms with Gasteiger partial charge in [0.25, 0.3) is 0 Å². The summed E-state index contributed by atoms with van der Waals surface area (Å²) in [6.45, 7) is 4.86. The maximum Gasteiger partial charge on any atom is 0.0556 e. The zero-order chi connectivity index (χ0) is 29.9. The van der Waals surface area contributed by atoms with Crippen molar-refractivity contribution in [1.29, 1.82) is 0 Å². The summed E-state index contributed by atoms with van der Waals surface area (Å²) in [4.78, 5) is 0. The lowest BCUT2D eigenvalue weighted by Crippen LogP contribution is -2.19. The van der Waals surface area contributed by atoms with Gasteiger partial charge in [-0.25, -0.2) is 0 Å². The van der Waals surface area contributed by atoms with Crippen molar-refractivity contribution in [1.82, 2.24) is 0 Å². The molecule has 0 radical (unpaired) electrons. The minimum atomic E-state index is 0.316. The average Bonchev–Trinajstić information content (AvgIpc) is 3.07. The van der Waals surface area contributed by atoms with Crippen LogP contribution in [0.4, 0.5) is 0 Å². The summed E-state index contributed by atoms with van der Waals surface area (Å²) in [5, 5.41) is 7.09. The molecule has 220 valence electrons. The molecule has 0 aliphatic heterocycles. The fraction of sp³-hybridized carbons (Fsp3) is 0.238. The summed E-state index contributed by atoms with van der Waals surface area (Å²) in [5.74, 6) is 0. The summed E-state index contributed by atoms with van der Waals surface area (Å²) in [5.41, 5.74) is 8.91. The molecular weight excluding hydrogens is 569 g/mol. The third kappa shape index (κ3) is 6.34. The Labute approximate surface area is 271 Å². The van der Waals surface area contributed by atoms with Gasteiger partial charge in [0.05, 0.1) is 10.5 Å². The van der Waals surface area contributed by atoms with Gasteiger partial charge >= 0.3 is 0 Å². The Morgan fingerprint density at radius 3 is 1.05 bits per heavy atom. The van der Waals surface area contributed by atoms with E-state index in [4.69, 9.17) is 0 Å². The number of rotatable bonds is 10. The number of fused-ring (bicyclic) bond motifs is 4. The highest BCUT2D eigenvalue weighted by atomic mass is 32.2. The first kappa shape index (κ1) is 29.3. The van der Waals surface area contributed by atoms with Crippen molar-refractivity contribution >= 4 is 45.1 Å².